The highest BCUT2D eigenvalue weighted by atomic mass is 35.5. The molecular formula is C11H11Cl. The maximum absolute atomic E-state index is 5.41. The van der Waals surface area contributed by atoms with E-state index >= 15 is 0 Å². The van der Waals surface area contributed by atoms with E-state index in [1.165, 1.54) is 5.56 Å². The molecule has 0 spiro atoms. The maximum atomic E-state index is 5.41. The number of alkyl halides is 1. The van der Waals surface area contributed by atoms with Crippen LogP contribution < -0.4 is 0 Å². The van der Waals surface area contributed by atoms with Crippen LogP contribution in [0.5, 0.6) is 0 Å². The Kier molecular flexibility index (Phi) is 4.34. The van der Waals surface area contributed by atoms with Crippen LogP contribution in [0.1, 0.15) is 12.0 Å². The first-order valence-electron chi connectivity index (χ1n) is 3.99. The number of aryl methyl sites for hydroxylation is 1. The summed E-state index contributed by atoms with van der Waals surface area (Å²) in [6, 6.07) is 10.3. The van der Waals surface area contributed by atoms with Gasteiger partial charge in [-0.15, -0.1) is 17.5 Å². The van der Waals surface area contributed by atoms with Crippen molar-refractivity contribution in [1.29, 1.82) is 0 Å². The third-order valence-corrected chi connectivity index (χ3v) is 1.71. The summed E-state index contributed by atoms with van der Waals surface area (Å²) >= 11 is 5.41. The lowest BCUT2D eigenvalue weighted by Gasteiger charge is -1.94. The second kappa shape index (κ2) is 5.69. The van der Waals surface area contributed by atoms with Crippen LogP contribution in [0, 0.1) is 11.8 Å². The molecule has 1 heteroatoms. The molecule has 0 saturated carbocycles. The van der Waals surface area contributed by atoms with Crippen LogP contribution in [0.3, 0.4) is 0 Å². The molecule has 0 unspecified atom stereocenters. The fraction of sp³-hybridized carbons (Fsp3) is 0.273. The molecule has 1 rings (SSSR count). The van der Waals surface area contributed by atoms with Gasteiger partial charge in [-0.1, -0.05) is 36.3 Å². The van der Waals surface area contributed by atoms with Crippen molar-refractivity contribution in [3.63, 3.8) is 0 Å². The van der Waals surface area contributed by atoms with Crippen LogP contribution >= 0.6 is 11.6 Å². The van der Waals surface area contributed by atoms with Gasteiger partial charge in [0.15, 0.2) is 0 Å². The molecule has 0 aliphatic rings. The summed E-state index contributed by atoms with van der Waals surface area (Å²) < 4.78 is 0. The topological polar surface area (TPSA) is 0 Å². The Morgan fingerprint density at radius 1 is 1.08 bits per heavy atom. The summed E-state index contributed by atoms with van der Waals surface area (Å²) in [7, 11) is 0. The van der Waals surface area contributed by atoms with Gasteiger partial charge in [0.1, 0.15) is 0 Å². The molecule has 0 fully saturated rings. The molecule has 0 aliphatic heterocycles. The van der Waals surface area contributed by atoms with Crippen LogP contribution in [-0.4, -0.2) is 5.88 Å². The van der Waals surface area contributed by atoms with Gasteiger partial charge in [0.25, 0.3) is 0 Å². The van der Waals surface area contributed by atoms with Crippen molar-refractivity contribution in [1.82, 2.24) is 0 Å². The van der Waals surface area contributed by atoms with Crippen LogP contribution in [0.25, 0.3) is 0 Å². The van der Waals surface area contributed by atoms with E-state index in [0.29, 0.717) is 5.88 Å². The lowest BCUT2D eigenvalue weighted by atomic mass is 10.1. The first-order chi connectivity index (χ1) is 5.93. The normalized spacial score (nSPS) is 8.75. The summed E-state index contributed by atoms with van der Waals surface area (Å²) in [5.74, 6) is 6.27. The molecule has 62 valence electrons. The second-order valence-electron chi connectivity index (χ2n) is 2.47. The molecule has 0 aliphatic carbocycles. The third kappa shape index (κ3) is 3.46. The monoisotopic (exact) mass is 178 g/mol. The van der Waals surface area contributed by atoms with E-state index < -0.39 is 0 Å². The fourth-order valence-electron chi connectivity index (χ4n) is 0.987. The Balaban J connectivity index is 2.34. The standard InChI is InChI=1S/C11H11Cl/c12-10-6-2-5-9-11-7-3-1-4-8-11/h1,3-4,7-8H,5,9-10H2. The number of hydrogen-bond donors (Lipinski definition) is 0. The average molecular weight is 179 g/mol. The molecule has 0 atom stereocenters. The van der Waals surface area contributed by atoms with Gasteiger partial charge in [-0.3, -0.25) is 0 Å². The predicted octanol–water partition coefficient (Wildman–Crippen LogP) is 2.86. The lowest BCUT2D eigenvalue weighted by molar-refractivity contribution is 1.03. The molecule has 1 aromatic carbocycles. The van der Waals surface area contributed by atoms with Crippen LogP contribution in [-0.2, 0) is 6.42 Å². The summed E-state index contributed by atoms with van der Waals surface area (Å²) in [5.41, 5.74) is 1.33. The average Bonchev–Trinajstić information content (AvgIpc) is 2.14. The van der Waals surface area contributed by atoms with E-state index in [9.17, 15) is 0 Å². The molecule has 0 bridgehead atoms. The van der Waals surface area contributed by atoms with E-state index in [1.807, 2.05) is 18.2 Å². The van der Waals surface area contributed by atoms with Crippen molar-refractivity contribution in [3.05, 3.63) is 35.9 Å². The minimum absolute atomic E-state index is 0.439. The molecule has 0 heterocycles. The van der Waals surface area contributed by atoms with Crippen molar-refractivity contribution < 1.29 is 0 Å². The smallest absolute Gasteiger partial charge is 0.0835 e. The minimum Gasteiger partial charge on any atom is -0.113 e. The first-order valence-corrected chi connectivity index (χ1v) is 4.52. The molecule has 0 radical (unpaired) electrons. The highest BCUT2D eigenvalue weighted by Crippen LogP contribution is 2.00. The van der Waals surface area contributed by atoms with Gasteiger partial charge in [0.05, 0.1) is 5.88 Å². The van der Waals surface area contributed by atoms with E-state index in [-0.39, 0.29) is 0 Å². The van der Waals surface area contributed by atoms with Crippen molar-refractivity contribution in [3.8, 4) is 11.8 Å². The predicted molar refractivity (Wildman–Crippen MR) is 53.3 cm³/mol. The van der Waals surface area contributed by atoms with Crippen molar-refractivity contribution in [2.75, 3.05) is 5.88 Å². The van der Waals surface area contributed by atoms with Gasteiger partial charge in [0.2, 0.25) is 0 Å². The van der Waals surface area contributed by atoms with Gasteiger partial charge >= 0.3 is 0 Å². The van der Waals surface area contributed by atoms with Crippen molar-refractivity contribution >= 4 is 11.6 Å². The number of rotatable bonds is 2. The van der Waals surface area contributed by atoms with Crippen molar-refractivity contribution in [2.24, 2.45) is 0 Å². The summed E-state index contributed by atoms with van der Waals surface area (Å²) in [6.45, 7) is 0. The van der Waals surface area contributed by atoms with Gasteiger partial charge in [-0.2, -0.15) is 0 Å². The number of halogens is 1. The molecule has 12 heavy (non-hydrogen) atoms. The van der Waals surface area contributed by atoms with Gasteiger partial charge in [0, 0.05) is 6.42 Å². The van der Waals surface area contributed by atoms with Gasteiger partial charge in [-0.05, 0) is 12.0 Å². The van der Waals surface area contributed by atoms with Crippen LogP contribution in [0.4, 0.5) is 0 Å². The Bertz CT molecular complexity index is 266. The zero-order valence-electron chi connectivity index (χ0n) is 6.89. The van der Waals surface area contributed by atoms with E-state index in [4.69, 9.17) is 11.6 Å². The maximum Gasteiger partial charge on any atom is 0.0835 e. The lowest BCUT2D eigenvalue weighted by Crippen LogP contribution is -1.81. The highest BCUT2D eigenvalue weighted by Gasteiger charge is 1.86. The molecule has 0 nitrogen and oxygen atoms in total. The zero-order chi connectivity index (χ0) is 8.65. The Labute approximate surface area is 78.6 Å². The molecule has 0 N–H and O–H groups in total. The van der Waals surface area contributed by atoms with Gasteiger partial charge < -0.3 is 0 Å². The Hall–Kier alpha value is -0.930. The van der Waals surface area contributed by atoms with E-state index in [1.54, 1.807) is 0 Å². The molecule has 0 saturated heterocycles. The van der Waals surface area contributed by atoms with Crippen LogP contribution in [0.15, 0.2) is 30.3 Å². The second-order valence-corrected chi connectivity index (χ2v) is 2.74. The third-order valence-electron chi connectivity index (χ3n) is 1.57. The Morgan fingerprint density at radius 3 is 2.50 bits per heavy atom. The molecule has 0 amide bonds. The highest BCUT2D eigenvalue weighted by molar-refractivity contribution is 6.19. The number of benzene rings is 1. The number of hydrogen-bond acceptors (Lipinski definition) is 0. The van der Waals surface area contributed by atoms with Crippen molar-refractivity contribution in [2.45, 2.75) is 12.8 Å². The fourth-order valence-corrected chi connectivity index (χ4v) is 1.08. The summed E-state index contributed by atoms with van der Waals surface area (Å²) in [6.07, 6.45) is 1.92. The summed E-state index contributed by atoms with van der Waals surface area (Å²) in [5, 5.41) is 0. The van der Waals surface area contributed by atoms with Crippen LogP contribution in [0.2, 0.25) is 0 Å². The molecule has 0 aromatic heterocycles. The van der Waals surface area contributed by atoms with E-state index in [2.05, 4.69) is 24.0 Å². The quantitative estimate of drug-likeness (QED) is 0.483. The summed E-state index contributed by atoms with van der Waals surface area (Å²) in [4.78, 5) is 0. The molecular weight excluding hydrogens is 168 g/mol. The Morgan fingerprint density at radius 2 is 1.83 bits per heavy atom. The van der Waals surface area contributed by atoms with E-state index in [0.717, 1.165) is 12.8 Å². The largest absolute Gasteiger partial charge is 0.113 e. The molecule has 1 aromatic rings. The first kappa shape index (κ1) is 9.16. The zero-order valence-corrected chi connectivity index (χ0v) is 7.64. The minimum atomic E-state index is 0.439. The SMILES string of the molecule is ClCC#CCCc1ccccc1. The van der Waals surface area contributed by atoms with Gasteiger partial charge in [-0.25, -0.2) is 0 Å².